The average Bonchev–Trinajstić information content (AvgIpc) is 2.40. The van der Waals surface area contributed by atoms with E-state index in [1.54, 1.807) is 37.4 Å². The Morgan fingerprint density at radius 3 is 2.48 bits per heavy atom. The van der Waals surface area contributed by atoms with Crippen LogP contribution in [-0.4, -0.2) is 13.4 Å². The van der Waals surface area contributed by atoms with Crippen molar-refractivity contribution in [1.29, 1.82) is 0 Å². The van der Waals surface area contributed by atoms with E-state index in [0.717, 1.165) is 5.56 Å². The van der Waals surface area contributed by atoms with Gasteiger partial charge in [-0.25, -0.2) is 0 Å². The Morgan fingerprint density at radius 1 is 1.14 bits per heavy atom. The molecule has 0 aliphatic heterocycles. The summed E-state index contributed by atoms with van der Waals surface area (Å²) in [5, 5.41) is 3.46. The number of ether oxygens (including phenoxy) is 1. The molecule has 0 aliphatic rings. The predicted molar refractivity (Wildman–Crippen MR) is 76.3 cm³/mol. The van der Waals surface area contributed by atoms with Crippen LogP contribution in [0.4, 0.5) is 13.2 Å². The summed E-state index contributed by atoms with van der Waals surface area (Å²) in [6, 6.07) is 11.1. The standard InChI is InChI=1S/C15H13ClF3NO/c1-20-9-11-7-6-10(8-13(11)16)12-4-2-3-5-14(12)21-15(17,18)19/h2-8,20H,9H2,1H3. The SMILES string of the molecule is CNCc1ccc(-c2ccccc2OC(F)(F)F)cc1Cl. The predicted octanol–water partition coefficient (Wildman–Crippen LogP) is 4.63. The Labute approximate surface area is 125 Å². The topological polar surface area (TPSA) is 21.3 Å². The van der Waals surface area contributed by atoms with Crippen molar-refractivity contribution in [2.45, 2.75) is 12.9 Å². The number of benzene rings is 2. The molecule has 0 saturated carbocycles. The van der Waals surface area contributed by atoms with E-state index in [2.05, 4.69) is 10.1 Å². The van der Waals surface area contributed by atoms with Gasteiger partial charge in [-0.3, -0.25) is 0 Å². The van der Waals surface area contributed by atoms with Crippen molar-refractivity contribution < 1.29 is 17.9 Å². The van der Waals surface area contributed by atoms with Gasteiger partial charge in [0.2, 0.25) is 0 Å². The smallest absolute Gasteiger partial charge is 0.405 e. The number of rotatable bonds is 4. The van der Waals surface area contributed by atoms with Crippen LogP contribution in [0, 0.1) is 0 Å². The van der Waals surface area contributed by atoms with Gasteiger partial charge in [-0.2, -0.15) is 0 Å². The first-order valence-corrected chi connectivity index (χ1v) is 6.56. The van der Waals surface area contributed by atoms with Crippen molar-refractivity contribution in [3.63, 3.8) is 0 Å². The Hall–Kier alpha value is -1.72. The minimum Gasteiger partial charge on any atom is -0.405 e. The second kappa shape index (κ2) is 6.37. The van der Waals surface area contributed by atoms with Crippen LogP contribution in [-0.2, 0) is 6.54 Å². The fourth-order valence-corrected chi connectivity index (χ4v) is 2.21. The molecule has 0 unspecified atom stereocenters. The van der Waals surface area contributed by atoms with Crippen molar-refractivity contribution in [2.75, 3.05) is 7.05 Å². The van der Waals surface area contributed by atoms with Crippen molar-refractivity contribution in [2.24, 2.45) is 0 Å². The molecule has 0 fully saturated rings. The van der Waals surface area contributed by atoms with Crippen molar-refractivity contribution >= 4 is 11.6 Å². The lowest BCUT2D eigenvalue weighted by Gasteiger charge is -2.14. The number of nitrogens with one attached hydrogen (secondary N) is 1. The van der Waals surface area contributed by atoms with Gasteiger partial charge in [0, 0.05) is 17.1 Å². The fourth-order valence-electron chi connectivity index (χ4n) is 1.97. The fraction of sp³-hybridized carbons (Fsp3) is 0.200. The summed E-state index contributed by atoms with van der Waals surface area (Å²) in [6.45, 7) is 0.583. The van der Waals surface area contributed by atoms with E-state index in [1.165, 1.54) is 12.1 Å². The zero-order chi connectivity index (χ0) is 15.5. The van der Waals surface area contributed by atoms with Crippen LogP contribution in [0.25, 0.3) is 11.1 Å². The second-order valence-electron chi connectivity index (χ2n) is 4.38. The van der Waals surface area contributed by atoms with Crippen LogP contribution in [0.15, 0.2) is 42.5 Å². The van der Waals surface area contributed by atoms with Crippen molar-refractivity contribution in [3.05, 3.63) is 53.1 Å². The Balaban J connectivity index is 2.40. The molecule has 2 nitrogen and oxygen atoms in total. The third kappa shape index (κ3) is 4.12. The summed E-state index contributed by atoms with van der Waals surface area (Å²) in [6.07, 6.45) is -4.73. The van der Waals surface area contributed by atoms with E-state index in [4.69, 9.17) is 11.6 Å². The first kappa shape index (κ1) is 15.7. The first-order valence-electron chi connectivity index (χ1n) is 6.19. The van der Waals surface area contributed by atoms with Crippen molar-refractivity contribution in [1.82, 2.24) is 5.32 Å². The van der Waals surface area contributed by atoms with Gasteiger partial charge in [0.05, 0.1) is 0 Å². The number of halogens is 4. The molecule has 2 aromatic carbocycles. The monoisotopic (exact) mass is 315 g/mol. The van der Waals surface area contributed by atoms with Gasteiger partial charge < -0.3 is 10.1 Å². The van der Waals surface area contributed by atoms with E-state index in [0.29, 0.717) is 22.7 Å². The molecule has 0 radical (unpaired) electrons. The molecular formula is C15H13ClF3NO. The number of para-hydroxylation sites is 1. The Bertz CT molecular complexity index is 629. The van der Waals surface area contributed by atoms with Gasteiger partial charge in [-0.05, 0) is 30.3 Å². The molecule has 0 spiro atoms. The Morgan fingerprint density at radius 2 is 1.86 bits per heavy atom. The second-order valence-corrected chi connectivity index (χ2v) is 4.79. The molecule has 2 aromatic rings. The maximum absolute atomic E-state index is 12.4. The molecule has 0 heterocycles. The molecule has 0 aromatic heterocycles. The summed E-state index contributed by atoms with van der Waals surface area (Å²) >= 11 is 6.14. The molecule has 1 N–H and O–H groups in total. The van der Waals surface area contributed by atoms with Gasteiger partial charge in [0.15, 0.2) is 0 Å². The lowest BCUT2D eigenvalue weighted by Crippen LogP contribution is -2.17. The number of hydrogen-bond acceptors (Lipinski definition) is 2. The minimum atomic E-state index is -4.73. The summed E-state index contributed by atoms with van der Waals surface area (Å²) in [5.41, 5.74) is 1.78. The van der Waals surface area contributed by atoms with Crippen LogP contribution < -0.4 is 10.1 Å². The summed E-state index contributed by atoms with van der Waals surface area (Å²) < 4.78 is 41.3. The average molecular weight is 316 g/mol. The molecule has 0 saturated heterocycles. The highest BCUT2D eigenvalue weighted by Gasteiger charge is 2.32. The molecule has 21 heavy (non-hydrogen) atoms. The van der Waals surface area contributed by atoms with Crippen LogP contribution >= 0.6 is 11.6 Å². The summed E-state index contributed by atoms with van der Waals surface area (Å²) in [4.78, 5) is 0. The maximum Gasteiger partial charge on any atom is 0.573 e. The van der Waals surface area contributed by atoms with Crippen LogP contribution in [0.1, 0.15) is 5.56 Å². The summed E-state index contributed by atoms with van der Waals surface area (Å²) in [5.74, 6) is -0.248. The summed E-state index contributed by atoms with van der Waals surface area (Å²) in [7, 11) is 1.79. The van der Waals surface area contributed by atoms with E-state index in [-0.39, 0.29) is 5.75 Å². The van der Waals surface area contributed by atoms with E-state index in [1.807, 2.05) is 0 Å². The molecule has 0 bridgehead atoms. The molecule has 6 heteroatoms. The number of alkyl halides is 3. The third-order valence-electron chi connectivity index (χ3n) is 2.84. The lowest BCUT2D eigenvalue weighted by atomic mass is 10.0. The highest BCUT2D eigenvalue weighted by molar-refractivity contribution is 6.31. The quantitative estimate of drug-likeness (QED) is 0.888. The van der Waals surface area contributed by atoms with Gasteiger partial charge in [0.1, 0.15) is 5.75 Å². The van der Waals surface area contributed by atoms with Gasteiger partial charge in [-0.1, -0.05) is 41.9 Å². The molecule has 112 valence electrons. The number of hydrogen-bond donors (Lipinski definition) is 1. The molecule has 2 rings (SSSR count). The van der Waals surface area contributed by atoms with E-state index < -0.39 is 6.36 Å². The highest BCUT2D eigenvalue weighted by atomic mass is 35.5. The van der Waals surface area contributed by atoms with E-state index >= 15 is 0 Å². The van der Waals surface area contributed by atoms with Gasteiger partial charge in [0.25, 0.3) is 0 Å². The minimum absolute atomic E-state index is 0.248. The lowest BCUT2D eigenvalue weighted by molar-refractivity contribution is -0.274. The largest absolute Gasteiger partial charge is 0.573 e. The van der Waals surface area contributed by atoms with Crippen LogP contribution in [0.5, 0.6) is 5.75 Å². The first-order chi connectivity index (χ1) is 9.90. The van der Waals surface area contributed by atoms with Crippen LogP contribution in [0.3, 0.4) is 0 Å². The van der Waals surface area contributed by atoms with Gasteiger partial charge in [-0.15, -0.1) is 13.2 Å². The zero-order valence-corrected chi connectivity index (χ0v) is 11.9. The van der Waals surface area contributed by atoms with Crippen molar-refractivity contribution in [3.8, 4) is 16.9 Å². The third-order valence-corrected chi connectivity index (χ3v) is 3.20. The Kier molecular flexibility index (Phi) is 4.75. The molecule has 0 amide bonds. The van der Waals surface area contributed by atoms with Crippen LogP contribution in [0.2, 0.25) is 5.02 Å². The highest BCUT2D eigenvalue weighted by Crippen LogP contribution is 2.35. The molecule has 0 atom stereocenters. The molecular weight excluding hydrogens is 303 g/mol. The van der Waals surface area contributed by atoms with E-state index in [9.17, 15) is 13.2 Å². The zero-order valence-electron chi connectivity index (χ0n) is 11.2. The normalized spacial score (nSPS) is 11.5. The molecule has 0 aliphatic carbocycles. The maximum atomic E-state index is 12.4. The van der Waals surface area contributed by atoms with Gasteiger partial charge >= 0.3 is 6.36 Å².